The number of hydrogen-bond acceptors (Lipinski definition) is 4. The summed E-state index contributed by atoms with van der Waals surface area (Å²) in [5, 5.41) is 9.70. The average Bonchev–Trinajstić information content (AvgIpc) is 2.31. The Hall–Kier alpha value is -1.33. The zero-order valence-corrected chi connectivity index (χ0v) is 12.2. The van der Waals surface area contributed by atoms with E-state index in [2.05, 4.69) is 4.74 Å². The van der Waals surface area contributed by atoms with Crippen molar-refractivity contribution in [2.45, 2.75) is 26.8 Å². The molecule has 0 fully saturated rings. The van der Waals surface area contributed by atoms with Crippen molar-refractivity contribution in [3.05, 3.63) is 29.1 Å². The van der Waals surface area contributed by atoms with Crippen LogP contribution < -0.4 is 5.73 Å². The first-order chi connectivity index (χ1) is 8.21. The Morgan fingerprint density at radius 2 is 2.00 bits per heavy atom. The number of aryl methyl sites for hydroxylation is 1. The molecule has 0 aliphatic rings. The van der Waals surface area contributed by atoms with Crippen LogP contribution in [0.1, 0.15) is 31.0 Å². The maximum atomic E-state index is 13.4. The number of hydrogen-bond donors (Lipinski definition) is 2. The van der Waals surface area contributed by atoms with Gasteiger partial charge in [0.05, 0.1) is 12.5 Å². The third kappa shape index (κ3) is 3.36. The predicted molar refractivity (Wildman–Crippen MR) is 72.8 cm³/mol. The number of halogens is 2. The van der Waals surface area contributed by atoms with Crippen molar-refractivity contribution in [2.75, 3.05) is 7.11 Å². The van der Waals surface area contributed by atoms with Crippen molar-refractivity contribution in [3.8, 4) is 5.75 Å². The Kier molecular flexibility index (Phi) is 5.78. The van der Waals surface area contributed by atoms with E-state index >= 15 is 0 Å². The number of methoxy groups -OCH3 is 1. The van der Waals surface area contributed by atoms with Crippen molar-refractivity contribution < 1.29 is 19.0 Å². The van der Waals surface area contributed by atoms with E-state index in [-0.39, 0.29) is 18.0 Å². The number of carbonyl (C=O) groups is 1. The number of nitrogens with two attached hydrogens (primary N) is 1. The molecule has 0 radical (unpaired) electrons. The summed E-state index contributed by atoms with van der Waals surface area (Å²) in [4.78, 5) is 11.7. The molecule has 0 spiro atoms. The van der Waals surface area contributed by atoms with Gasteiger partial charge in [-0.15, -0.1) is 12.4 Å². The molecule has 4 nitrogen and oxygen atoms in total. The van der Waals surface area contributed by atoms with Gasteiger partial charge >= 0.3 is 5.97 Å². The van der Waals surface area contributed by atoms with Gasteiger partial charge in [0.15, 0.2) is 11.6 Å². The van der Waals surface area contributed by atoms with E-state index in [4.69, 9.17) is 5.73 Å². The van der Waals surface area contributed by atoms with Gasteiger partial charge in [0, 0.05) is 11.6 Å². The molecule has 0 aromatic heterocycles. The molecule has 108 valence electrons. The van der Waals surface area contributed by atoms with Gasteiger partial charge in [-0.25, -0.2) is 4.39 Å². The lowest BCUT2D eigenvalue weighted by Gasteiger charge is -2.29. The Morgan fingerprint density at radius 3 is 2.47 bits per heavy atom. The summed E-state index contributed by atoms with van der Waals surface area (Å²) >= 11 is 0. The van der Waals surface area contributed by atoms with Gasteiger partial charge in [0.1, 0.15) is 0 Å². The third-order valence-corrected chi connectivity index (χ3v) is 3.06. The highest BCUT2D eigenvalue weighted by Crippen LogP contribution is 2.38. The van der Waals surface area contributed by atoms with Gasteiger partial charge in [-0.1, -0.05) is 6.07 Å². The number of ether oxygens (including phenoxy) is 1. The van der Waals surface area contributed by atoms with Gasteiger partial charge in [-0.05, 0) is 32.4 Å². The molecule has 0 aliphatic carbocycles. The van der Waals surface area contributed by atoms with Crippen LogP contribution in [-0.4, -0.2) is 18.2 Å². The summed E-state index contributed by atoms with van der Waals surface area (Å²) in [5.41, 5.74) is 5.72. The second kappa shape index (κ2) is 6.21. The zero-order chi connectivity index (χ0) is 14.1. The first-order valence-corrected chi connectivity index (χ1v) is 5.54. The van der Waals surface area contributed by atoms with Crippen LogP contribution in [0.4, 0.5) is 4.39 Å². The van der Waals surface area contributed by atoms with Crippen LogP contribution in [0, 0.1) is 18.2 Å². The fourth-order valence-electron chi connectivity index (χ4n) is 1.78. The summed E-state index contributed by atoms with van der Waals surface area (Å²) in [6.07, 6.45) is 0. The van der Waals surface area contributed by atoms with Crippen molar-refractivity contribution >= 4 is 18.4 Å². The van der Waals surface area contributed by atoms with Crippen LogP contribution in [0.3, 0.4) is 0 Å². The quantitative estimate of drug-likeness (QED) is 0.839. The van der Waals surface area contributed by atoms with Crippen LogP contribution >= 0.6 is 12.4 Å². The first kappa shape index (κ1) is 17.7. The zero-order valence-electron chi connectivity index (χ0n) is 11.4. The highest BCUT2D eigenvalue weighted by molar-refractivity contribution is 5.85. The molecule has 1 rings (SSSR count). The Morgan fingerprint density at radius 1 is 1.47 bits per heavy atom. The van der Waals surface area contributed by atoms with E-state index in [1.807, 2.05) is 0 Å². The molecule has 0 heterocycles. The van der Waals surface area contributed by atoms with Gasteiger partial charge < -0.3 is 15.6 Å². The highest BCUT2D eigenvalue weighted by atomic mass is 35.5. The van der Waals surface area contributed by atoms with Crippen LogP contribution in [-0.2, 0) is 9.53 Å². The third-order valence-electron chi connectivity index (χ3n) is 3.06. The Balaban J connectivity index is 0.00000324. The largest absolute Gasteiger partial charge is 0.505 e. The summed E-state index contributed by atoms with van der Waals surface area (Å²) in [6, 6.07) is 1.91. The molecule has 0 unspecified atom stereocenters. The highest BCUT2D eigenvalue weighted by Gasteiger charge is 2.38. The predicted octanol–water partition coefficient (Wildman–Crippen LogP) is 2.46. The maximum Gasteiger partial charge on any atom is 0.313 e. The summed E-state index contributed by atoms with van der Waals surface area (Å²) in [6.45, 7) is 4.86. The van der Waals surface area contributed by atoms with Gasteiger partial charge in [0.25, 0.3) is 0 Å². The number of rotatable bonds is 3. The molecule has 0 amide bonds. The summed E-state index contributed by atoms with van der Waals surface area (Å²) < 4.78 is 18.1. The van der Waals surface area contributed by atoms with Gasteiger partial charge in [-0.3, -0.25) is 4.79 Å². The lowest BCUT2D eigenvalue weighted by atomic mass is 9.80. The van der Waals surface area contributed by atoms with Crippen LogP contribution in [0.25, 0.3) is 0 Å². The second-order valence-corrected chi connectivity index (χ2v) is 4.88. The standard InChI is InChI=1S/C13H18FNO3.ClH/c1-7-5-8(10(16)9(14)6-7)11(15)13(2,3)12(17)18-4;/h5-6,11,16H,15H2,1-4H3;1H/t11-;/m0./s1. The van der Waals surface area contributed by atoms with E-state index in [1.54, 1.807) is 26.8 Å². The maximum absolute atomic E-state index is 13.4. The van der Waals surface area contributed by atoms with E-state index in [0.717, 1.165) is 0 Å². The fourth-order valence-corrected chi connectivity index (χ4v) is 1.78. The van der Waals surface area contributed by atoms with Crippen molar-refractivity contribution in [2.24, 2.45) is 11.1 Å². The Labute approximate surface area is 118 Å². The molecular weight excluding hydrogens is 273 g/mol. The topological polar surface area (TPSA) is 72.5 Å². The molecule has 0 saturated heterocycles. The summed E-state index contributed by atoms with van der Waals surface area (Å²) in [7, 11) is 1.26. The minimum absolute atomic E-state index is 0. The number of aromatic hydroxyl groups is 1. The molecule has 0 bridgehead atoms. The van der Waals surface area contributed by atoms with Crippen molar-refractivity contribution in [3.63, 3.8) is 0 Å². The normalized spacial score (nSPS) is 12.5. The van der Waals surface area contributed by atoms with Crippen molar-refractivity contribution in [1.82, 2.24) is 0 Å². The molecular formula is C13H19ClFNO3. The summed E-state index contributed by atoms with van der Waals surface area (Å²) in [5.74, 6) is -1.79. The molecule has 3 N–H and O–H groups in total. The SMILES string of the molecule is COC(=O)C(C)(C)[C@@H](N)c1cc(C)cc(F)c1O.Cl. The smallest absolute Gasteiger partial charge is 0.313 e. The number of carbonyl (C=O) groups excluding carboxylic acids is 1. The molecule has 1 aromatic carbocycles. The van der Waals surface area contributed by atoms with E-state index < -0.39 is 29.0 Å². The first-order valence-electron chi connectivity index (χ1n) is 5.54. The molecule has 19 heavy (non-hydrogen) atoms. The molecule has 6 heteroatoms. The fraction of sp³-hybridized carbons (Fsp3) is 0.462. The average molecular weight is 292 g/mol. The molecule has 0 aliphatic heterocycles. The monoisotopic (exact) mass is 291 g/mol. The van der Waals surface area contributed by atoms with Crippen LogP contribution in [0.15, 0.2) is 12.1 Å². The van der Waals surface area contributed by atoms with Crippen LogP contribution in [0.5, 0.6) is 5.75 Å². The molecule has 1 aromatic rings. The van der Waals surface area contributed by atoms with Gasteiger partial charge in [0.2, 0.25) is 0 Å². The number of benzene rings is 1. The number of phenolic OH excluding ortho intramolecular Hbond substituents is 1. The van der Waals surface area contributed by atoms with E-state index in [9.17, 15) is 14.3 Å². The number of esters is 1. The van der Waals surface area contributed by atoms with Crippen LogP contribution in [0.2, 0.25) is 0 Å². The van der Waals surface area contributed by atoms with Crippen molar-refractivity contribution in [1.29, 1.82) is 0 Å². The lowest BCUT2D eigenvalue weighted by molar-refractivity contribution is -0.152. The number of phenols is 1. The van der Waals surface area contributed by atoms with E-state index in [1.165, 1.54) is 13.2 Å². The Bertz CT molecular complexity index is 477. The van der Waals surface area contributed by atoms with E-state index in [0.29, 0.717) is 5.56 Å². The molecule has 0 saturated carbocycles. The molecule has 1 atom stereocenters. The minimum atomic E-state index is -1.06. The second-order valence-electron chi connectivity index (χ2n) is 4.88. The van der Waals surface area contributed by atoms with Gasteiger partial charge in [-0.2, -0.15) is 0 Å². The minimum Gasteiger partial charge on any atom is -0.505 e. The lowest BCUT2D eigenvalue weighted by Crippen LogP contribution is -2.37.